The lowest BCUT2D eigenvalue weighted by atomic mass is 10.0. The van der Waals surface area contributed by atoms with E-state index in [4.69, 9.17) is 0 Å². The zero-order valence-electron chi connectivity index (χ0n) is 14.5. The van der Waals surface area contributed by atoms with Crippen LogP contribution in [0.5, 0.6) is 0 Å². The average Bonchev–Trinajstić information content (AvgIpc) is 2.61. The lowest BCUT2D eigenvalue weighted by Crippen LogP contribution is -2.47. The highest BCUT2D eigenvalue weighted by Crippen LogP contribution is 2.25. The monoisotopic (exact) mass is 354 g/mol. The van der Waals surface area contributed by atoms with Gasteiger partial charge in [-0.25, -0.2) is 9.38 Å². The summed E-state index contributed by atoms with van der Waals surface area (Å²) in [5.41, 5.74) is 1.63. The Morgan fingerprint density at radius 3 is 2.73 bits per heavy atom. The summed E-state index contributed by atoms with van der Waals surface area (Å²) in [6, 6.07) is 12.5. The zero-order valence-corrected chi connectivity index (χ0v) is 14.5. The minimum absolute atomic E-state index is 0.0229. The lowest BCUT2D eigenvalue weighted by molar-refractivity contribution is -0.120. The summed E-state index contributed by atoms with van der Waals surface area (Å²) in [7, 11) is 3.75. The predicted molar refractivity (Wildman–Crippen MR) is 97.6 cm³/mol. The molecule has 1 aliphatic heterocycles. The molecule has 0 fully saturated rings. The van der Waals surface area contributed by atoms with Gasteiger partial charge in [0.1, 0.15) is 5.82 Å². The molecule has 1 heterocycles. The summed E-state index contributed by atoms with van der Waals surface area (Å²) < 4.78 is 14.0. The molecule has 1 unspecified atom stereocenters. The highest BCUT2D eigenvalue weighted by Gasteiger charge is 2.25. The van der Waals surface area contributed by atoms with Crippen molar-refractivity contribution in [3.05, 3.63) is 65.5 Å². The van der Waals surface area contributed by atoms with Gasteiger partial charge in [0.15, 0.2) is 0 Å². The number of anilines is 1. The van der Waals surface area contributed by atoms with Gasteiger partial charge in [-0.1, -0.05) is 24.3 Å². The maximum absolute atomic E-state index is 14.0. The first kappa shape index (κ1) is 17.6. The molecule has 0 spiro atoms. The number of nitrogens with one attached hydrogen (secondary N) is 2. The van der Waals surface area contributed by atoms with E-state index in [-0.39, 0.29) is 18.3 Å². The molecule has 3 rings (SSSR count). The normalized spacial score (nSPS) is 16.5. The summed E-state index contributed by atoms with van der Waals surface area (Å²) in [4.78, 5) is 30.6. The summed E-state index contributed by atoms with van der Waals surface area (Å²) in [5, 5.41) is 5.11. The van der Waals surface area contributed by atoms with Crippen LogP contribution in [0.3, 0.4) is 0 Å². The average molecular weight is 354 g/mol. The Morgan fingerprint density at radius 1 is 1.23 bits per heavy atom. The summed E-state index contributed by atoms with van der Waals surface area (Å²) in [5.74, 6) is -1.14. The number of aliphatic imine (C=N–C) groups is 1. The van der Waals surface area contributed by atoms with Gasteiger partial charge in [-0.15, -0.1) is 0 Å². The molecule has 2 aromatic rings. The van der Waals surface area contributed by atoms with E-state index < -0.39 is 17.8 Å². The predicted octanol–water partition coefficient (Wildman–Crippen LogP) is 2.24. The highest BCUT2D eigenvalue weighted by molar-refractivity contribution is 6.10. The number of carbonyl (C=O) groups is 2. The van der Waals surface area contributed by atoms with Crippen molar-refractivity contribution in [1.29, 1.82) is 0 Å². The van der Waals surface area contributed by atoms with E-state index >= 15 is 0 Å². The van der Waals surface area contributed by atoms with Gasteiger partial charge in [0.2, 0.25) is 11.9 Å². The summed E-state index contributed by atoms with van der Waals surface area (Å²) in [6.45, 7) is 0. The molecule has 0 saturated heterocycles. The molecule has 1 atom stereocenters. The van der Waals surface area contributed by atoms with E-state index in [1.54, 1.807) is 36.4 Å². The van der Waals surface area contributed by atoms with Crippen molar-refractivity contribution >= 4 is 23.5 Å². The quantitative estimate of drug-likeness (QED) is 0.888. The van der Waals surface area contributed by atoms with Crippen LogP contribution in [-0.4, -0.2) is 31.9 Å². The molecule has 0 aromatic heterocycles. The maximum Gasteiger partial charge on any atom is 0.258 e. The van der Waals surface area contributed by atoms with Crippen LogP contribution in [0.2, 0.25) is 0 Å². The number of hydrogen-bond acceptors (Lipinski definition) is 4. The van der Waals surface area contributed by atoms with Crippen LogP contribution >= 0.6 is 0 Å². The molecule has 1 aliphatic rings. The Labute approximate surface area is 150 Å². The molecule has 0 radical (unpaired) electrons. The number of halogens is 1. The van der Waals surface area contributed by atoms with Crippen molar-refractivity contribution in [3.8, 4) is 0 Å². The molecule has 2 amide bonds. The minimum atomic E-state index is -0.673. The third-order valence-electron chi connectivity index (χ3n) is 4.04. The Hall–Kier alpha value is -3.22. The van der Waals surface area contributed by atoms with Gasteiger partial charge >= 0.3 is 0 Å². The number of rotatable bonds is 3. The first-order valence-electron chi connectivity index (χ1n) is 8.15. The fourth-order valence-electron chi connectivity index (χ4n) is 2.69. The molecular formula is C19H19FN4O2. The standard InChI is InChI=1S/C19H19FN4O2/c1-24(2)13-7-5-6-12(10-13)18(26)23-19-21-16(11-17(25)22-19)14-8-3-4-9-15(14)20/h3-10,16H,11H2,1-2H3,(H2,21,22,23,25,26). The largest absolute Gasteiger partial charge is 0.378 e. The summed E-state index contributed by atoms with van der Waals surface area (Å²) >= 11 is 0. The molecule has 2 N–H and O–H groups in total. The highest BCUT2D eigenvalue weighted by atomic mass is 19.1. The molecular weight excluding hydrogens is 335 g/mol. The first-order valence-corrected chi connectivity index (χ1v) is 8.15. The van der Waals surface area contributed by atoms with E-state index in [1.807, 2.05) is 25.1 Å². The van der Waals surface area contributed by atoms with Gasteiger partial charge in [0.05, 0.1) is 12.5 Å². The topological polar surface area (TPSA) is 73.8 Å². The van der Waals surface area contributed by atoms with E-state index in [2.05, 4.69) is 15.6 Å². The number of amides is 2. The number of guanidine groups is 1. The fourth-order valence-corrected chi connectivity index (χ4v) is 2.69. The molecule has 0 saturated carbocycles. The van der Waals surface area contributed by atoms with E-state index in [9.17, 15) is 14.0 Å². The van der Waals surface area contributed by atoms with Gasteiger partial charge in [0, 0.05) is 30.9 Å². The second-order valence-electron chi connectivity index (χ2n) is 6.17. The van der Waals surface area contributed by atoms with Crippen molar-refractivity contribution in [2.45, 2.75) is 12.5 Å². The van der Waals surface area contributed by atoms with Gasteiger partial charge in [-0.3, -0.25) is 20.2 Å². The molecule has 6 nitrogen and oxygen atoms in total. The Kier molecular flexibility index (Phi) is 4.97. The van der Waals surface area contributed by atoms with Crippen LogP contribution in [0.15, 0.2) is 53.5 Å². The Bertz CT molecular complexity index is 879. The van der Waals surface area contributed by atoms with Gasteiger partial charge in [-0.05, 0) is 24.3 Å². The van der Waals surface area contributed by atoms with Crippen molar-refractivity contribution in [3.63, 3.8) is 0 Å². The molecule has 7 heteroatoms. The number of hydrogen-bond donors (Lipinski definition) is 2. The molecule has 134 valence electrons. The third-order valence-corrected chi connectivity index (χ3v) is 4.04. The minimum Gasteiger partial charge on any atom is -0.378 e. The van der Waals surface area contributed by atoms with Gasteiger partial charge < -0.3 is 4.90 Å². The van der Waals surface area contributed by atoms with Crippen LogP contribution in [0.4, 0.5) is 10.1 Å². The zero-order chi connectivity index (χ0) is 18.7. The second kappa shape index (κ2) is 7.35. The van der Waals surface area contributed by atoms with Crippen molar-refractivity contribution in [1.82, 2.24) is 10.6 Å². The van der Waals surface area contributed by atoms with Crippen LogP contribution in [0, 0.1) is 5.82 Å². The number of carbonyl (C=O) groups excluding carboxylic acids is 2. The van der Waals surface area contributed by atoms with Crippen LogP contribution in [0.25, 0.3) is 0 Å². The van der Waals surface area contributed by atoms with Crippen LogP contribution in [-0.2, 0) is 4.79 Å². The first-order chi connectivity index (χ1) is 12.4. The molecule has 2 aromatic carbocycles. The van der Waals surface area contributed by atoms with E-state index in [0.29, 0.717) is 11.1 Å². The van der Waals surface area contributed by atoms with Crippen molar-refractivity contribution < 1.29 is 14.0 Å². The lowest BCUT2D eigenvalue weighted by Gasteiger charge is -2.22. The number of nitrogens with zero attached hydrogens (tertiary/aromatic N) is 2. The molecule has 0 bridgehead atoms. The van der Waals surface area contributed by atoms with E-state index in [0.717, 1.165) is 5.69 Å². The number of benzene rings is 2. The Balaban J connectivity index is 1.82. The van der Waals surface area contributed by atoms with E-state index in [1.165, 1.54) is 6.07 Å². The van der Waals surface area contributed by atoms with Gasteiger partial charge in [-0.2, -0.15) is 0 Å². The van der Waals surface area contributed by atoms with Crippen molar-refractivity contribution in [2.24, 2.45) is 4.99 Å². The smallest absolute Gasteiger partial charge is 0.258 e. The van der Waals surface area contributed by atoms with Gasteiger partial charge in [0.25, 0.3) is 5.91 Å². The maximum atomic E-state index is 14.0. The third kappa shape index (κ3) is 3.88. The van der Waals surface area contributed by atoms with Crippen molar-refractivity contribution in [2.75, 3.05) is 19.0 Å². The SMILES string of the molecule is CN(C)c1cccc(C(=O)NC2=NC(c3ccccc3F)CC(=O)N2)c1. The summed E-state index contributed by atoms with van der Waals surface area (Å²) in [6.07, 6.45) is 0.0242. The fraction of sp³-hybridized carbons (Fsp3) is 0.211. The Morgan fingerprint density at radius 2 is 2.00 bits per heavy atom. The van der Waals surface area contributed by atoms with Crippen LogP contribution in [0.1, 0.15) is 28.4 Å². The van der Waals surface area contributed by atoms with Crippen LogP contribution < -0.4 is 15.5 Å². The molecule has 26 heavy (non-hydrogen) atoms. The molecule has 0 aliphatic carbocycles. The second-order valence-corrected chi connectivity index (χ2v) is 6.17.